The smallest absolute Gasteiger partial charge is 0.162 e. The first-order chi connectivity index (χ1) is 10.1. The highest BCUT2D eigenvalue weighted by Gasteiger charge is 2.08. The molecule has 0 fully saturated rings. The molecule has 0 spiro atoms. The van der Waals surface area contributed by atoms with Crippen molar-refractivity contribution in [2.24, 2.45) is 10.9 Å². The Balaban J connectivity index is 2.20. The standard InChI is InChI=1S/C15H14ClFN2O2/c1-20-14-5-2-10(8-19-18)6-15(14)21-9-11-3-4-12(17)7-13(11)16/h2-8H,9,18H2,1H3. The van der Waals surface area contributed by atoms with Crippen LogP contribution in [0.15, 0.2) is 41.5 Å². The summed E-state index contributed by atoms with van der Waals surface area (Å²) in [5, 5.41) is 3.77. The van der Waals surface area contributed by atoms with E-state index in [0.29, 0.717) is 22.1 Å². The van der Waals surface area contributed by atoms with Crippen molar-refractivity contribution in [3.63, 3.8) is 0 Å². The molecule has 0 aliphatic rings. The fraction of sp³-hybridized carbons (Fsp3) is 0.133. The van der Waals surface area contributed by atoms with Crippen LogP contribution in [0, 0.1) is 5.82 Å². The van der Waals surface area contributed by atoms with Gasteiger partial charge in [-0.2, -0.15) is 5.10 Å². The summed E-state index contributed by atoms with van der Waals surface area (Å²) < 4.78 is 23.9. The number of hydrazone groups is 1. The van der Waals surface area contributed by atoms with Crippen molar-refractivity contribution in [3.8, 4) is 11.5 Å². The molecule has 2 aromatic rings. The molecule has 21 heavy (non-hydrogen) atoms. The topological polar surface area (TPSA) is 56.8 Å². The molecule has 4 nitrogen and oxygen atoms in total. The maximum absolute atomic E-state index is 13.0. The molecule has 0 bridgehead atoms. The van der Waals surface area contributed by atoms with Gasteiger partial charge >= 0.3 is 0 Å². The Morgan fingerprint density at radius 2 is 2.05 bits per heavy atom. The molecule has 2 aromatic carbocycles. The van der Waals surface area contributed by atoms with Gasteiger partial charge in [-0.05, 0) is 35.9 Å². The van der Waals surface area contributed by atoms with E-state index in [1.54, 1.807) is 31.4 Å². The minimum Gasteiger partial charge on any atom is -0.493 e. The molecule has 0 saturated carbocycles. The number of nitrogens with zero attached hydrogens (tertiary/aromatic N) is 1. The van der Waals surface area contributed by atoms with Gasteiger partial charge in [-0.15, -0.1) is 0 Å². The molecular weight excluding hydrogens is 295 g/mol. The lowest BCUT2D eigenvalue weighted by atomic mass is 10.2. The van der Waals surface area contributed by atoms with Gasteiger partial charge in [0.15, 0.2) is 11.5 Å². The normalized spacial score (nSPS) is 10.8. The van der Waals surface area contributed by atoms with Gasteiger partial charge in [-0.3, -0.25) is 0 Å². The molecule has 0 unspecified atom stereocenters. The van der Waals surface area contributed by atoms with Crippen LogP contribution in [0.2, 0.25) is 5.02 Å². The van der Waals surface area contributed by atoms with Crippen molar-refractivity contribution < 1.29 is 13.9 Å². The zero-order valence-electron chi connectivity index (χ0n) is 11.3. The van der Waals surface area contributed by atoms with Crippen LogP contribution in [0.1, 0.15) is 11.1 Å². The largest absolute Gasteiger partial charge is 0.493 e. The number of halogens is 2. The van der Waals surface area contributed by atoms with Crippen LogP contribution >= 0.6 is 11.6 Å². The quantitative estimate of drug-likeness (QED) is 0.523. The molecule has 0 aromatic heterocycles. The van der Waals surface area contributed by atoms with Crippen LogP contribution < -0.4 is 15.3 Å². The fourth-order valence-electron chi connectivity index (χ4n) is 1.77. The first kappa shape index (κ1) is 15.1. The molecule has 0 radical (unpaired) electrons. The van der Waals surface area contributed by atoms with Crippen LogP contribution in [-0.4, -0.2) is 13.3 Å². The fourth-order valence-corrected chi connectivity index (χ4v) is 1.99. The minimum absolute atomic E-state index is 0.193. The number of hydrogen-bond acceptors (Lipinski definition) is 4. The molecule has 0 amide bonds. The Hall–Kier alpha value is -2.27. The lowest BCUT2D eigenvalue weighted by Gasteiger charge is -2.12. The maximum atomic E-state index is 13.0. The third kappa shape index (κ3) is 3.86. The van der Waals surface area contributed by atoms with Gasteiger partial charge in [0.2, 0.25) is 0 Å². The van der Waals surface area contributed by atoms with E-state index in [4.69, 9.17) is 26.9 Å². The molecule has 0 heterocycles. The predicted octanol–water partition coefficient (Wildman–Crippen LogP) is 3.36. The summed E-state index contributed by atoms with van der Waals surface area (Å²) in [5.74, 6) is 5.83. The Labute approximate surface area is 126 Å². The summed E-state index contributed by atoms with van der Waals surface area (Å²) >= 11 is 5.96. The van der Waals surface area contributed by atoms with E-state index >= 15 is 0 Å². The summed E-state index contributed by atoms with van der Waals surface area (Å²) in [4.78, 5) is 0. The molecule has 0 aliphatic carbocycles. The van der Waals surface area contributed by atoms with E-state index in [9.17, 15) is 4.39 Å². The zero-order chi connectivity index (χ0) is 15.2. The summed E-state index contributed by atoms with van der Waals surface area (Å²) in [6.45, 7) is 0.193. The highest BCUT2D eigenvalue weighted by atomic mass is 35.5. The van der Waals surface area contributed by atoms with Crippen molar-refractivity contribution >= 4 is 17.8 Å². The van der Waals surface area contributed by atoms with Crippen molar-refractivity contribution in [2.75, 3.05) is 7.11 Å². The Bertz CT molecular complexity index is 662. The van der Waals surface area contributed by atoms with E-state index in [1.165, 1.54) is 18.3 Å². The summed E-state index contributed by atoms with van der Waals surface area (Å²) in [7, 11) is 1.55. The molecule has 2 N–H and O–H groups in total. The van der Waals surface area contributed by atoms with Gasteiger partial charge in [-0.1, -0.05) is 17.7 Å². The monoisotopic (exact) mass is 308 g/mol. The SMILES string of the molecule is COc1ccc(C=NN)cc1OCc1ccc(F)cc1Cl. The highest BCUT2D eigenvalue weighted by molar-refractivity contribution is 6.31. The number of benzene rings is 2. The van der Waals surface area contributed by atoms with Gasteiger partial charge in [0.1, 0.15) is 12.4 Å². The molecule has 110 valence electrons. The van der Waals surface area contributed by atoms with Crippen LogP contribution in [0.3, 0.4) is 0 Å². The number of nitrogens with two attached hydrogens (primary N) is 1. The molecule has 2 rings (SSSR count). The molecule has 0 aliphatic heterocycles. The zero-order valence-corrected chi connectivity index (χ0v) is 12.1. The van der Waals surface area contributed by atoms with Crippen LogP contribution in [0.25, 0.3) is 0 Å². The third-order valence-electron chi connectivity index (χ3n) is 2.81. The number of rotatable bonds is 5. The van der Waals surface area contributed by atoms with Crippen LogP contribution in [0.4, 0.5) is 4.39 Å². The molecule has 6 heteroatoms. The molecule has 0 saturated heterocycles. The third-order valence-corrected chi connectivity index (χ3v) is 3.16. The number of hydrogen-bond donors (Lipinski definition) is 1. The van der Waals surface area contributed by atoms with Crippen molar-refractivity contribution in [1.29, 1.82) is 0 Å². The Morgan fingerprint density at radius 3 is 2.71 bits per heavy atom. The second-order valence-electron chi connectivity index (χ2n) is 4.21. The van der Waals surface area contributed by atoms with Gasteiger partial charge in [0, 0.05) is 5.56 Å². The first-order valence-corrected chi connectivity index (χ1v) is 6.50. The predicted molar refractivity (Wildman–Crippen MR) is 80.5 cm³/mol. The van der Waals surface area contributed by atoms with Crippen molar-refractivity contribution in [1.82, 2.24) is 0 Å². The average molecular weight is 309 g/mol. The van der Waals surface area contributed by atoms with Crippen LogP contribution in [0.5, 0.6) is 11.5 Å². The summed E-state index contributed by atoms with van der Waals surface area (Å²) in [6.07, 6.45) is 1.50. The molecule has 0 atom stereocenters. The number of methoxy groups -OCH3 is 1. The van der Waals surface area contributed by atoms with Crippen molar-refractivity contribution in [3.05, 3.63) is 58.4 Å². The lowest BCUT2D eigenvalue weighted by Crippen LogP contribution is -2.00. The van der Waals surface area contributed by atoms with Gasteiger partial charge in [0.05, 0.1) is 18.3 Å². The van der Waals surface area contributed by atoms with Crippen LogP contribution in [-0.2, 0) is 6.61 Å². The summed E-state index contributed by atoms with van der Waals surface area (Å²) in [6, 6.07) is 9.45. The average Bonchev–Trinajstić information content (AvgIpc) is 2.47. The van der Waals surface area contributed by atoms with E-state index in [1.807, 2.05) is 0 Å². The Morgan fingerprint density at radius 1 is 1.24 bits per heavy atom. The number of ether oxygens (including phenoxy) is 2. The second-order valence-corrected chi connectivity index (χ2v) is 4.62. The maximum Gasteiger partial charge on any atom is 0.162 e. The van der Waals surface area contributed by atoms with E-state index in [2.05, 4.69) is 5.10 Å². The highest BCUT2D eigenvalue weighted by Crippen LogP contribution is 2.29. The Kier molecular flexibility index (Phi) is 5.00. The van der Waals surface area contributed by atoms with E-state index in [-0.39, 0.29) is 12.4 Å². The molecular formula is C15H14ClFN2O2. The van der Waals surface area contributed by atoms with Gasteiger partial charge in [0.25, 0.3) is 0 Å². The summed E-state index contributed by atoms with van der Waals surface area (Å²) in [5.41, 5.74) is 1.46. The lowest BCUT2D eigenvalue weighted by molar-refractivity contribution is 0.284. The van der Waals surface area contributed by atoms with E-state index < -0.39 is 0 Å². The van der Waals surface area contributed by atoms with Gasteiger partial charge in [-0.25, -0.2) is 4.39 Å². The second kappa shape index (κ2) is 6.95. The first-order valence-electron chi connectivity index (χ1n) is 6.12. The van der Waals surface area contributed by atoms with Gasteiger partial charge < -0.3 is 15.3 Å². The van der Waals surface area contributed by atoms with Crippen molar-refractivity contribution in [2.45, 2.75) is 6.61 Å². The van der Waals surface area contributed by atoms with E-state index in [0.717, 1.165) is 5.56 Å². The minimum atomic E-state index is -0.387.